The molecular formula is C21H25F3N6O3. The van der Waals surface area contributed by atoms with Crippen molar-refractivity contribution in [1.82, 2.24) is 9.97 Å². The Bertz CT molecular complexity index is 1040. The molecule has 9 nitrogen and oxygen atoms in total. The minimum absolute atomic E-state index is 0.182. The van der Waals surface area contributed by atoms with E-state index in [9.17, 15) is 18.0 Å². The normalized spacial score (nSPS) is 18.1. The van der Waals surface area contributed by atoms with E-state index in [1.165, 1.54) is 18.9 Å². The maximum absolute atomic E-state index is 11.6. The molecule has 0 aliphatic carbocycles. The Morgan fingerprint density at radius 3 is 2.39 bits per heavy atom. The van der Waals surface area contributed by atoms with E-state index >= 15 is 0 Å². The molecule has 1 aromatic heterocycles. The number of anilines is 3. The molecule has 0 spiro atoms. The number of hydrogen-bond acceptors (Lipinski definition) is 7. The van der Waals surface area contributed by atoms with E-state index in [0.717, 1.165) is 55.3 Å². The van der Waals surface area contributed by atoms with Gasteiger partial charge in [0.1, 0.15) is 5.82 Å². The van der Waals surface area contributed by atoms with Gasteiger partial charge in [-0.1, -0.05) is 6.58 Å². The number of aromatic nitrogens is 2. The summed E-state index contributed by atoms with van der Waals surface area (Å²) in [5, 5.41) is 10.9. The molecule has 4 N–H and O–H groups in total. The largest absolute Gasteiger partial charge is 0.490 e. The fourth-order valence-electron chi connectivity index (χ4n) is 3.65. The number of carboxylic acid groups (broad SMARTS) is 1. The number of nitrogens with two attached hydrogens (primary N) is 1. The average Bonchev–Trinajstić information content (AvgIpc) is 3.44. The number of carbonyl (C=O) groups excluding carboxylic acids is 1. The molecule has 0 bridgehead atoms. The smallest absolute Gasteiger partial charge is 0.475 e. The summed E-state index contributed by atoms with van der Waals surface area (Å²) in [6.45, 7) is 7.17. The third kappa shape index (κ3) is 6.09. The average molecular weight is 466 g/mol. The second kappa shape index (κ2) is 10.0. The first-order chi connectivity index (χ1) is 15.6. The Hall–Kier alpha value is -3.41. The van der Waals surface area contributed by atoms with Crippen LogP contribution in [0.4, 0.5) is 30.6 Å². The molecule has 2 aromatic rings. The van der Waals surface area contributed by atoms with Crippen LogP contribution in [0, 0.1) is 0 Å². The van der Waals surface area contributed by atoms with Gasteiger partial charge in [-0.25, -0.2) is 9.78 Å². The number of hydrogen-bond donors (Lipinski definition) is 3. The molecule has 178 valence electrons. The zero-order chi connectivity index (χ0) is 24.2. The predicted octanol–water partition coefficient (Wildman–Crippen LogP) is 2.53. The lowest BCUT2D eigenvalue weighted by molar-refractivity contribution is -0.192. The lowest BCUT2D eigenvalue weighted by atomic mass is 10.2. The standard InChI is InChI=1S/C19H24N6O.C2HF3O2/c1-2-17(26)21-14-5-6-15-16(11-14)22-19(24-8-3-4-9-24)23-18(15)25-10-7-13(20)12-25;3-2(4,5)1(6)7/h2,5-6,11,13H,1,3-4,7-10,12,20H2,(H,21,26);(H,6,7)/t13-;/m1./s1. The minimum atomic E-state index is -5.08. The molecule has 1 aromatic carbocycles. The van der Waals surface area contributed by atoms with Crippen molar-refractivity contribution in [3.05, 3.63) is 30.9 Å². The highest BCUT2D eigenvalue weighted by molar-refractivity contribution is 6.01. The first-order valence-corrected chi connectivity index (χ1v) is 10.4. The molecule has 2 fully saturated rings. The summed E-state index contributed by atoms with van der Waals surface area (Å²) in [7, 11) is 0. The van der Waals surface area contributed by atoms with Gasteiger partial charge in [-0.05, 0) is 43.5 Å². The van der Waals surface area contributed by atoms with Gasteiger partial charge in [-0.15, -0.1) is 0 Å². The summed E-state index contributed by atoms with van der Waals surface area (Å²) in [4.78, 5) is 34.7. The number of benzene rings is 1. The van der Waals surface area contributed by atoms with Gasteiger partial charge in [0.05, 0.1) is 5.52 Å². The lowest BCUT2D eigenvalue weighted by Crippen LogP contribution is -2.28. The minimum Gasteiger partial charge on any atom is -0.475 e. The second-order valence-electron chi connectivity index (χ2n) is 7.76. The Kier molecular flexibility index (Phi) is 7.36. The Labute approximate surface area is 188 Å². The summed E-state index contributed by atoms with van der Waals surface area (Å²) >= 11 is 0. The van der Waals surface area contributed by atoms with Crippen LogP contribution in [-0.4, -0.2) is 65.3 Å². The van der Waals surface area contributed by atoms with Crippen molar-refractivity contribution < 1.29 is 27.9 Å². The molecule has 3 heterocycles. The van der Waals surface area contributed by atoms with Crippen molar-refractivity contribution in [2.24, 2.45) is 5.73 Å². The molecule has 1 atom stereocenters. The number of amides is 1. The number of rotatable bonds is 4. The molecule has 1 amide bonds. The van der Waals surface area contributed by atoms with Crippen molar-refractivity contribution >= 4 is 40.2 Å². The van der Waals surface area contributed by atoms with E-state index in [4.69, 9.17) is 25.6 Å². The Morgan fingerprint density at radius 2 is 1.85 bits per heavy atom. The van der Waals surface area contributed by atoms with E-state index in [-0.39, 0.29) is 11.9 Å². The van der Waals surface area contributed by atoms with E-state index in [2.05, 4.69) is 21.7 Å². The molecule has 0 unspecified atom stereocenters. The van der Waals surface area contributed by atoms with E-state index in [1.54, 1.807) is 0 Å². The van der Waals surface area contributed by atoms with Gasteiger partial charge in [-0.2, -0.15) is 18.2 Å². The maximum Gasteiger partial charge on any atom is 0.490 e. The van der Waals surface area contributed by atoms with E-state index in [0.29, 0.717) is 5.69 Å². The molecule has 2 aliphatic rings. The first kappa shape index (κ1) is 24.2. The molecule has 12 heteroatoms. The number of aliphatic carboxylic acids is 1. The van der Waals surface area contributed by atoms with Crippen LogP contribution in [0.1, 0.15) is 19.3 Å². The van der Waals surface area contributed by atoms with Gasteiger partial charge in [0.15, 0.2) is 0 Å². The Morgan fingerprint density at radius 1 is 1.18 bits per heavy atom. The third-order valence-corrected chi connectivity index (χ3v) is 5.27. The third-order valence-electron chi connectivity index (χ3n) is 5.27. The molecular weight excluding hydrogens is 441 g/mol. The van der Waals surface area contributed by atoms with Gasteiger partial charge in [0, 0.05) is 43.3 Å². The van der Waals surface area contributed by atoms with Crippen LogP contribution in [0.15, 0.2) is 30.9 Å². The molecule has 2 saturated heterocycles. The monoisotopic (exact) mass is 466 g/mol. The van der Waals surface area contributed by atoms with Gasteiger partial charge >= 0.3 is 12.1 Å². The van der Waals surface area contributed by atoms with Crippen LogP contribution in [0.25, 0.3) is 10.9 Å². The summed E-state index contributed by atoms with van der Waals surface area (Å²) in [5.74, 6) is -1.29. The van der Waals surface area contributed by atoms with Crippen LogP contribution in [0.2, 0.25) is 0 Å². The topological polar surface area (TPSA) is 125 Å². The van der Waals surface area contributed by atoms with Crippen molar-refractivity contribution in [1.29, 1.82) is 0 Å². The van der Waals surface area contributed by atoms with Gasteiger partial charge in [0.25, 0.3) is 0 Å². The number of fused-ring (bicyclic) bond motifs is 1. The number of halogens is 3. The van der Waals surface area contributed by atoms with Crippen LogP contribution in [0.5, 0.6) is 0 Å². The van der Waals surface area contributed by atoms with Crippen molar-refractivity contribution in [2.45, 2.75) is 31.5 Å². The highest BCUT2D eigenvalue weighted by Crippen LogP contribution is 2.31. The van der Waals surface area contributed by atoms with Crippen LogP contribution in [0.3, 0.4) is 0 Å². The predicted molar refractivity (Wildman–Crippen MR) is 118 cm³/mol. The fourth-order valence-corrected chi connectivity index (χ4v) is 3.65. The zero-order valence-electron chi connectivity index (χ0n) is 17.8. The lowest BCUT2D eigenvalue weighted by Gasteiger charge is -2.23. The quantitative estimate of drug-likeness (QED) is 0.587. The fraction of sp³-hybridized carbons (Fsp3) is 0.429. The second-order valence-corrected chi connectivity index (χ2v) is 7.76. The van der Waals surface area contributed by atoms with Crippen molar-refractivity contribution in [2.75, 3.05) is 41.3 Å². The molecule has 0 saturated carbocycles. The number of nitrogens with one attached hydrogen (secondary N) is 1. The Balaban J connectivity index is 0.000000383. The zero-order valence-corrected chi connectivity index (χ0v) is 17.8. The van der Waals surface area contributed by atoms with Crippen molar-refractivity contribution in [3.8, 4) is 0 Å². The van der Waals surface area contributed by atoms with Crippen LogP contribution >= 0.6 is 0 Å². The summed E-state index contributed by atoms with van der Waals surface area (Å²) < 4.78 is 31.7. The number of carboxylic acids is 1. The van der Waals surface area contributed by atoms with E-state index < -0.39 is 12.1 Å². The number of carbonyl (C=O) groups is 2. The summed E-state index contributed by atoms with van der Waals surface area (Å²) in [6.07, 6.45) is -0.517. The van der Waals surface area contributed by atoms with Crippen molar-refractivity contribution in [3.63, 3.8) is 0 Å². The highest BCUT2D eigenvalue weighted by Gasteiger charge is 2.38. The van der Waals surface area contributed by atoms with Gasteiger partial charge in [0.2, 0.25) is 11.9 Å². The number of alkyl halides is 3. The number of nitrogens with zero attached hydrogens (tertiary/aromatic N) is 4. The molecule has 4 rings (SSSR count). The van der Waals surface area contributed by atoms with Gasteiger partial charge < -0.3 is 26.0 Å². The SMILES string of the molecule is C=CC(=O)Nc1ccc2c(N3CC[C@@H](N)C3)nc(N3CCCC3)nc2c1.O=C(O)C(F)(F)F. The first-order valence-electron chi connectivity index (χ1n) is 10.4. The van der Waals surface area contributed by atoms with Crippen LogP contribution < -0.4 is 20.9 Å². The highest BCUT2D eigenvalue weighted by atomic mass is 19.4. The van der Waals surface area contributed by atoms with E-state index in [1.807, 2.05) is 18.2 Å². The summed E-state index contributed by atoms with van der Waals surface area (Å²) in [5.41, 5.74) is 7.65. The van der Waals surface area contributed by atoms with Crippen LogP contribution in [-0.2, 0) is 9.59 Å². The van der Waals surface area contributed by atoms with Gasteiger partial charge in [-0.3, -0.25) is 4.79 Å². The summed E-state index contributed by atoms with van der Waals surface area (Å²) in [6, 6.07) is 5.93. The molecule has 0 radical (unpaired) electrons. The molecule has 2 aliphatic heterocycles. The molecule has 33 heavy (non-hydrogen) atoms. The maximum atomic E-state index is 11.6.